The molecule has 0 nitrogen and oxygen atoms in total. The zero-order valence-electron chi connectivity index (χ0n) is 8.64. The lowest BCUT2D eigenvalue weighted by Gasteiger charge is -2.16. The summed E-state index contributed by atoms with van der Waals surface area (Å²) in [6.45, 7) is 8.01. The number of fused-ring (bicyclic) bond motifs is 1. The monoisotopic (exact) mass is 174 g/mol. The highest BCUT2D eigenvalue weighted by molar-refractivity contribution is 5.34. The molecule has 0 bridgehead atoms. The van der Waals surface area contributed by atoms with E-state index in [1.807, 2.05) is 13.8 Å². The van der Waals surface area contributed by atoms with Gasteiger partial charge in [-0.15, -0.1) is 0 Å². The highest BCUT2D eigenvalue weighted by Gasteiger charge is 2.09. The van der Waals surface area contributed by atoms with Gasteiger partial charge in [-0.25, -0.2) is 0 Å². The van der Waals surface area contributed by atoms with Crippen LogP contribution in [0.2, 0.25) is 0 Å². The van der Waals surface area contributed by atoms with Gasteiger partial charge in [0.15, 0.2) is 0 Å². The lowest BCUT2D eigenvalue weighted by atomic mass is 9.89. The number of allylic oxidation sites excluding steroid dienone is 1. The van der Waals surface area contributed by atoms with Crippen molar-refractivity contribution >= 4 is 0 Å². The van der Waals surface area contributed by atoms with E-state index in [0.717, 1.165) is 6.42 Å². The lowest BCUT2D eigenvalue weighted by molar-refractivity contribution is 0.841. The van der Waals surface area contributed by atoms with Crippen molar-refractivity contribution in [2.45, 2.75) is 33.1 Å². The molecule has 1 aliphatic carbocycles. The molecule has 0 N–H and O–H groups in total. The molecule has 1 aliphatic rings. The normalized spacial score (nSPS) is 14.2. The van der Waals surface area contributed by atoms with Crippen LogP contribution in [0.15, 0.2) is 36.4 Å². The van der Waals surface area contributed by atoms with Gasteiger partial charge in [0.25, 0.3) is 0 Å². The third kappa shape index (κ3) is 2.45. The maximum atomic E-state index is 4.01. The maximum Gasteiger partial charge on any atom is -0.00670 e. The number of aryl methyl sites for hydroxylation is 1. The Hall–Kier alpha value is -1.04. The Morgan fingerprint density at radius 1 is 1.00 bits per heavy atom. The largest absolute Gasteiger partial charge is 0.0995 e. The topological polar surface area (TPSA) is 0 Å². The predicted molar refractivity (Wildman–Crippen MR) is 59.0 cm³/mol. The summed E-state index contributed by atoms with van der Waals surface area (Å²) in [6, 6.07) is 8.66. The molecule has 2 rings (SSSR count). The van der Waals surface area contributed by atoms with Crippen LogP contribution in [-0.4, -0.2) is 0 Å². The summed E-state index contributed by atoms with van der Waals surface area (Å²) in [5.41, 5.74) is 4.37. The Kier molecular flexibility index (Phi) is 3.75. The zero-order valence-corrected chi connectivity index (χ0v) is 8.64. The van der Waals surface area contributed by atoms with Gasteiger partial charge in [0.2, 0.25) is 0 Å². The first-order chi connectivity index (χ1) is 6.36. The molecule has 0 saturated heterocycles. The summed E-state index contributed by atoms with van der Waals surface area (Å²) in [7, 11) is 0. The number of benzene rings is 1. The van der Waals surface area contributed by atoms with Crippen LogP contribution < -0.4 is 0 Å². The van der Waals surface area contributed by atoms with Crippen LogP contribution in [0.5, 0.6) is 0 Å². The molecule has 0 heteroatoms. The highest BCUT2D eigenvalue weighted by Crippen LogP contribution is 2.22. The first-order valence-electron chi connectivity index (χ1n) is 5.10. The van der Waals surface area contributed by atoms with Crippen LogP contribution in [0.4, 0.5) is 0 Å². The standard InChI is InChI=1S/C11H12.C2H6/c1-9-6-7-10-4-2-3-5-11(10)8-9;1-2/h2-5H,1,6-8H2;1-2H3. The van der Waals surface area contributed by atoms with Crippen LogP contribution in [0.3, 0.4) is 0 Å². The average Bonchev–Trinajstić information content (AvgIpc) is 2.21. The van der Waals surface area contributed by atoms with Crippen LogP contribution in [0, 0.1) is 0 Å². The molecular weight excluding hydrogens is 156 g/mol. The molecule has 0 amide bonds. The molecule has 0 aromatic heterocycles. The predicted octanol–water partition coefficient (Wildman–Crippen LogP) is 3.76. The molecule has 0 aliphatic heterocycles. The van der Waals surface area contributed by atoms with Crippen molar-refractivity contribution < 1.29 is 0 Å². The zero-order chi connectivity index (χ0) is 9.68. The van der Waals surface area contributed by atoms with E-state index in [4.69, 9.17) is 0 Å². The minimum atomic E-state index is 1.09. The Morgan fingerprint density at radius 3 is 2.31 bits per heavy atom. The minimum Gasteiger partial charge on any atom is -0.0995 e. The summed E-state index contributed by atoms with van der Waals surface area (Å²) in [5, 5.41) is 0. The van der Waals surface area contributed by atoms with Gasteiger partial charge in [-0.2, -0.15) is 0 Å². The van der Waals surface area contributed by atoms with Crippen molar-refractivity contribution in [2.75, 3.05) is 0 Å². The number of hydrogen-bond donors (Lipinski definition) is 0. The van der Waals surface area contributed by atoms with Crippen LogP contribution >= 0.6 is 0 Å². The molecule has 1 aromatic carbocycles. The third-order valence-corrected chi connectivity index (χ3v) is 2.31. The fourth-order valence-corrected chi connectivity index (χ4v) is 1.64. The molecule has 70 valence electrons. The second kappa shape index (κ2) is 4.86. The van der Waals surface area contributed by atoms with Gasteiger partial charge in [-0.05, 0) is 30.4 Å². The molecule has 0 unspecified atom stereocenters. The Labute approximate surface area is 81.3 Å². The van der Waals surface area contributed by atoms with E-state index < -0.39 is 0 Å². The second-order valence-corrected chi connectivity index (χ2v) is 3.20. The van der Waals surface area contributed by atoms with E-state index in [1.54, 1.807) is 0 Å². The number of rotatable bonds is 0. The molecule has 0 saturated carbocycles. The van der Waals surface area contributed by atoms with Crippen molar-refractivity contribution in [2.24, 2.45) is 0 Å². The molecule has 1 aromatic rings. The van der Waals surface area contributed by atoms with Gasteiger partial charge in [0.1, 0.15) is 0 Å². The maximum absolute atomic E-state index is 4.01. The summed E-state index contributed by atoms with van der Waals surface area (Å²) in [4.78, 5) is 0. The van der Waals surface area contributed by atoms with Crippen molar-refractivity contribution in [3.8, 4) is 0 Å². The second-order valence-electron chi connectivity index (χ2n) is 3.20. The minimum absolute atomic E-state index is 1.09. The molecule has 0 heterocycles. The average molecular weight is 174 g/mol. The summed E-state index contributed by atoms with van der Waals surface area (Å²) in [6.07, 6.45) is 3.46. The van der Waals surface area contributed by atoms with E-state index in [-0.39, 0.29) is 0 Å². The molecule has 0 spiro atoms. The van der Waals surface area contributed by atoms with E-state index in [1.165, 1.54) is 29.5 Å². The third-order valence-electron chi connectivity index (χ3n) is 2.31. The quantitative estimate of drug-likeness (QED) is 0.525. The van der Waals surface area contributed by atoms with Gasteiger partial charge in [0.05, 0.1) is 0 Å². The van der Waals surface area contributed by atoms with E-state index >= 15 is 0 Å². The van der Waals surface area contributed by atoms with Gasteiger partial charge >= 0.3 is 0 Å². The van der Waals surface area contributed by atoms with Crippen molar-refractivity contribution in [3.05, 3.63) is 47.5 Å². The molecule has 0 radical (unpaired) electrons. The SMILES string of the molecule is C=C1CCc2ccccc2C1.CC. The Balaban J connectivity index is 0.000000396. The van der Waals surface area contributed by atoms with Gasteiger partial charge < -0.3 is 0 Å². The van der Waals surface area contributed by atoms with Crippen molar-refractivity contribution in [1.29, 1.82) is 0 Å². The van der Waals surface area contributed by atoms with E-state index in [0.29, 0.717) is 0 Å². The van der Waals surface area contributed by atoms with Crippen LogP contribution in [0.1, 0.15) is 31.4 Å². The van der Waals surface area contributed by atoms with Crippen LogP contribution in [0.25, 0.3) is 0 Å². The fraction of sp³-hybridized carbons (Fsp3) is 0.385. The Bertz CT molecular complexity index is 284. The molecule has 13 heavy (non-hydrogen) atoms. The number of hydrogen-bond acceptors (Lipinski definition) is 0. The molecule has 0 fully saturated rings. The van der Waals surface area contributed by atoms with Crippen LogP contribution in [-0.2, 0) is 12.8 Å². The van der Waals surface area contributed by atoms with Crippen molar-refractivity contribution in [1.82, 2.24) is 0 Å². The smallest absolute Gasteiger partial charge is 0.00670 e. The fourth-order valence-electron chi connectivity index (χ4n) is 1.64. The first kappa shape index (κ1) is 10.0. The summed E-state index contributed by atoms with van der Waals surface area (Å²) < 4.78 is 0. The van der Waals surface area contributed by atoms with Gasteiger partial charge in [-0.3, -0.25) is 0 Å². The Morgan fingerprint density at radius 2 is 1.62 bits per heavy atom. The molecule has 0 atom stereocenters. The molecular formula is C13H18. The summed E-state index contributed by atoms with van der Waals surface area (Å²) in [5.74, 6) is 0. The van der Waals surface area contributed by atoms with Crippen molar-refractivity contribution in [3.63, 3.8) is 0 Å². The first-order valence-corrected chi connectivity index (χ1v) is 5.10. The lowest BCUT2D eigenvalue weighted by Crippen LogP contribution is -2.03. The van der Waals surface area contributed by atoms with Gasteiger partial charge in [0, 0.05) is 0 Å². The van der Waals surface area contributed by atoms with E-state index in [9.17, 15) is 0 Å². The highest BCUT2D eigenvalue weighted by atomic mass is 14.1. The van der Waals surface area contributed by atoms with E-state index in [2.05, 4.69) is 30.8 Å². The van der Waals surface area contributed by atoms with Gasteiger partial charge in [-0.1, -0.05) is 50.3 Å². The summed E-state index contributed by atoms with van der Waals surface area (Å²) >= 11 is 0.